The zero-order valence-corrected chi connectivity index (χ0v) is 13.0. The van der Waals surface area contributed by atoms with Gasteiger partial charge in [-0.1, -0.05) is 12.1 Å². The van der Waals surface area contributed by atoms with E-state index in [4.69, 9.17) is 4.74 Å². The van der Waals surface area contributed by atoms with Crippen LogP contribution in [0.4, 0.5) is 0 Å². The lowest BCUT2D eigenvalue weighted by Gasteiger charge is -2.06. The lowest BCUT2D eigenvalue weighted by atomic mass is 10.1. The first-order chi connectivity index (χ1) is 10.7. The summed E-state index contributed by atoms with van der Waals surface area (Å²) < 4.78 is 6.98. The van der Waals surface area contributed by atoms with Crippen LogP contribution >= 0.6 is 0 Å². The lowest BCUT2D eigenvalue weighted by molar-refractivity contribution is -0.122. The van der Waals surface area contributed by atoms with Crippen LogP contribution in [-0.2, 0) is 18.3 Å². The van der Waals surface area contributed by atoms with Gasteiger partial charge < -0.3 is 10.1 Å². The molecule has 1 aliphatic carbocycles. The fraction of sp³-hybridized carbons (Fsp3) is 0.412. The fourth-order valence-electron chi connectivity index (χ4n) is 2.77. The van der Waals surface area contributed by atoms with Gasteiger partial charge in [-0.05, 0) is 42.0 Å². The topological polar surface area (TPSA) is 56.1 Å². The molecule has 1 amide bonds. The van der Waals surface area contributed by atoms with Gasteiger partial charge in [0.15, 0.2) is 0 Å². The number of nitrogens with zero attached hydrogens (tertiary/aromatic N) is 2. The first-order valence-corrected chi connectivity index (χ1v) is 7.56. The van der Waals surface area contributed by atoms with Crippen molar-refractivity contribution in [1.29, 1.82) is 0 Å². The van der Waals surface area contributed by atoms with Crippen LogP contribution in [0, 0.1) is 5.92 Å². The summed E-state index contributed by atoms with van der Waals surface area (Å²) in [6.45, 7) is 0.655. The van der Waals surface area contributed by atoms with Crippen molar-refractivity contribution < 1.29 is 9.53 Å². The van der Waals surface area contributed by atoms with Crippen molar-refractivity contribution in [2.24, 2.45) is 13.0 Å². The minimum Gasteiger partial charge on any atom is -0.497 e. The second-order valence-electron chi connectivity index (χ2n) is 5.79. The summed E-state index contributed by atoms with van der Waals surface area (Å²) in [5.74, 6) is 1.44. The van der Waals surface area contributed by atoms with Crippen LogP contribution in [0.15, 0.2) is 36.7 Å². The molecule has 1 aliphatic rings. The maximum absolute atomic E-state index is 12.1. The zero-order chi connectivity index (χ0) is 15.5. The maximum atomic E-state index is 12.1. The molecule has 1 aromatic heterocycles. The van der Waals surface area contributed by atoms with Gasteiger partial charge in [0, 0.05) is 25.7 Å². The molecular formula is C17H21N3O2. The molecule has 116 valence electrons. The Labute approximate surface area is 130 Å². The van der Waals surface area contributed by atoms with Gasteiger partial charge in [-0.15, -0.1) is 0 Å². The number of benzene rings is 1. The van der Waals surface area contributed by atoms with E-state index < -0.39 is 0 Å². The number of hydrogen-bond donors (Lipinski definition) is 1. The van der Waals surface area contributed by atoms with Crippen LogP contribution in [0.2, 0.25) is 0 Å². The smallest absolute Gasteiger partial charge is 0.223 e. The number of methoxy groups -OCH3 is 1. The Balaban J connectivity index is 1.45. The summed E-state index contributed by atoms with van der Waals surface area (Å²) in [4.78, 5) is 12.1. The number of hydrogen-bond acceptors (Lipinski definition) is 3. The van der Waals surface area contributed by atoms with Crippen LogP contribution in [-0.4, -0.2) is 29.3 Å². The predicted molar refractivity (Wildman–Crippen MR) is 83.8 cm³/mol. The number of rotatable bonds is 6. The quantitative estimate of drug-likeness (QED) is 0.886. The van der Waals surface area contributed by atoms with E-state index in [1.54, 1.807) is 11.8 Å². The summed E-state index contributed by atoms with van der Waals surface area (Å²) in [5.41, 5.74) is 2.33. The van der Waals surface area contributed by atoms with Gasteiger partial charge in [-0.3, -0.25) is 9.48 Å². The first kappa shape index (κ1) is 14.6. The standard InChI is InChI=1S/C17H21N3O2/c1-20-11-13(10-19-20)15-9-16(15)17(21)18-7-6-12-4-3-5-14(8-12)22-2/h3-5,8,10-11,15-16H,6-7,9H2,1-2H3,(H,18,21)/t15-,16+/m0/s1. The molecular weight excluding hydrogens is 278 g/mol. The van der Waals surface area contributed by atoms with Gasteiger partial charge >= 0.3 is 0 Å². The molecule has 1 saturated carbocycles. The molecule has 1 aromatic carbocycles. The van der Waals surface area contributed by atoms with E-state index in [-0.39, 0.29) is 11.8 Å². The molecule has 1 N–H and O–H groups in total. The molecule has 2 atom stereocenters. The van der Waals surface area contributed by atoms with Crippen molar-refractivity contribution in [3.63, 3.8) is 0 Å². The van der Waals surface area contributed by atoms with Gasteiger partial charge in [0.2, 0.25) is 5.91 Å². The normalized spacial score (nSPS) is 19.7. The molecule has 0 spiro atoms. The van der Waals surface area contributed by atoms with Gasteiger partial charge in [-0.2, -0.15) is 5.10 Å². The monoisotopic (exact) mass is 299 g/mol. The van der Waals surface area contributed by atoms with Gasteiger partial charge in [0.05, 0.1) is 13.3 Å². The molecule has 5 nitrogen and oxygen atoms in total. The largest absolute Gasteiger partial charge is 0.497 e. The first-order valence-electron chi connectivity index (χ1n) is 7.56. The summed E-state index contributed by atoms with van der Waals surface area (Å²) in [6.07, 6.45) is 5.59. The number of ether oxygens (including phenoxy) is 1. The highest BCUT2D eigenvalue weighted by molar-refractivity contribution is 5.82. The van der Waals surface area contributed by atoms with E-state index in [9.17, 15) is 4.79 Å². The van der Waals surface area contributed by atoms with E-state index in [2.05, 4.69) is 10.4 Å². The van der Waals surface area contributed by atoms with Crippen LogP contribution < -0.4 is 10.1 Å². The van der Waals surface area contributed by atoms with Crippen LogP contribution in [0.5, 0.6) is 5.75 Å². The minimum atomic E-state index is 0.106. The van der Waals surface area contributed by atoms with E-state index in [1.165, 1.54) is 5.56 Å². The van der Waals surface area contributed by atoms with E-state index >= 15 is 0 Å². The summed E-state index contributed by atoms with van der Waals surface area (Å²) in [7, 11) is 3.56. The number of aryl methyl sites for hydroxylation is 1. The van der Waals surface area contributed by atoms with Crippen molar-refractivity contribution in [1.82, 2.24) is 15.1 Å². The number of carbonyl (C=O) groups is 1. The van der Waals surface area contributed by atoms with E-state index in [0.717, 1.165) is 24.2 Å². The lowest BCUT2D eigenvalue weighted by Crippen LogP contribution is -2.27. The Morgan fingerprint density at radius 1 is 1.50 bits per heavy atom. The highest BCUT2D eigenvalue weighted by Gasteiger charge is 2.44. The van der Waals surface area contributed by atoms with Gasteiger partial charge in [0.1, 0.15) is 5.75 Å². The van der Waals surface area contributed by atoms with Crippen molar-refractivity contribution in [2.75, 3.05) is 13.7 Å². The van der Waals surface area contributed by atoms with E-state index in [1.807, 2.05) is 43.7 Å². The molecule has 0 saturated heterocycles. The summed E-state index contributed by atoms with van der Waals surface area (Å²) >= 11 is 0. The molecule has 22 heavy (non-hydrogen) atoms. The molecule has 3 rings (SSSR count). The van der Waals surface area contributed by atoms with E-state index in [0.29, 0.717) is 12.5 Å². The third-order valence-electron chi connectivity index (χ3n) is 4.13. The fourth-order valence-corrected chi connectivity index (χ4v) is 2.77. The Bertz CT molecular complexity index is 665. The van der Waals surface area contributed by atoms with Crippen molar-refractivity contribution in [3.8, 4) is 5.75 Å². The van der Waals surface area contributed by atoms with Crippen molar-refractivity contribution in [3.05, 3.63) is 47.8 Å². The average Bonchev–Trinajstić information content (AvgIpc) is 3.22. The molecule has 0 aliphatic heterocycles. The summed E-state index contributed by atoms with van der Waals surface area (Å²) in [5, 5.41) is 7.19. The van der Waals surface area contributed by atoms with Crippen molar-refractivity contribution >= 4 is 5.91 Å². The highest BCUT2D eigenvalue weighted by Crippen LogP contribution is 2.47. The molecule has 5 heteroatoms. The number of carbonyl (C=O) groups excluding carboxylic acids is 1. The highest BCUT2D eigenvalue weighted by atomic mass is 16.5. The molecule has 0 radical (unpaired) electrons. The van der Waals surface area contributed by atoms with Gasteiger partial charge in [-0.25, -0.2) is 0 Å². The maximum Gasteiger partial charge on any atom is 0.223 e. The Morgan fingerprint density at radius 2 is 2.36 bits per heavy atom. The average molecular weight is 299 g/mol. The molecule has 0 unspecified atom stereocenters. The predicted octanol–water partition coefficient (Wildman–Crippen LogP) is 1.89. The Hall–Kier alpha value is -2.30. The second kappa shape index (κ2) is 6.22. The zero-order valence-electron chi connectivity index (χ0n) is 13.0. The number of aromatic nitrogens is 2. The number of nitrogens with one attached hydrogen (secondary N) is 1. The van der Waals surface area contributed by atoms with Crippen LogP contribution in [0.25, 0.3) is 0 Å². The second-order valence-corrected chi connectivity index (χ2v) is 5.79. The SMILES string of the molecule is COc1cccc(CCNC(=O)[C@@H]2C[C@H]2c2cnn(C)c2)c1. The Morgan fingerprint density at radius 3 is 3.09 bits per heavy atom. The third kappa shape index (κ3) is 3.30. The van der Waals surface area contributed by atoms with Gasteiger partial charge in [0.25, 0.3) is 0 Å². The molecule has 1 heterocycles. The minimum absolute atomic E-state index is 0.106. The molecule has 0 bridgehead atoms. The molecule has 2 aromatic rings. The van der Waals surface area contributed by atoms with Crippen molar-refractivity contribution in [2.45, 2.75) is 18.8 Å². The molecule has 1 fully saturated rings. The third-order valence-corrected chi connectivity index (χ3v) is 4.13. The summed E-state index contributed by atoms with van der Waals surface area (Å²) in [6, 6.07) is 7.94. The van der Waals surface area contributed by atoms with Crippen LogP contribution in [0.3, 0.4) is 0 Å². The Kier molecular flexibility index (Phi) is 4.13. The number of amides is 1. The van der Waals surface area contributed by atoms with Crippen LogP contribution in [0.1, 0.15) is 23.5 Å².